The second-order valence-corrected chi connectivity index (χ2v) is 4.13. The van der Waals surface area contributed by atoms with Gasteiger partial charge in [0.1, 0.15) is 0 Å². The Morgan fingerprint density at radius 1 is 1.47 bits per heavy atom. The summed E-state index contributed by atoms with van der Waals surface area (Å²) in [6.45, 7) is 3.15. The van der Waals surface area contributed by atoms with Gasteiger partial charge in [0.05, 0.1) is 17.8 Å². The molecular weight excluding hydrogens is 242 g/mol. The van der Waals surface area contributed by atoms with Crippen LogP contribution in [0.25, 0.3) is 0 Å². The van der Waals surface area contributed by atoms with E-state index in [4.69, 9.17) is 16.3 Å². The van der Waals surface area contributed by atoms with Crippen molar-refractivity contribution in [3.63, 3.8) is 0 Å². The zero-order chi connectivity index (χ0) is 12.5. The van der Waals surface area contributed by atoms with Crippen LogP contribution in [0.2, 0.25) is 5.02 Å². The van der Waals surface area contributed by atoms with E-state index in [0.717, 1.165) is 32.5 Å². The quantitative estimate of drug-likeness (QED) is 0.705. The SMILES string of the molecule is COCCNCCCCn1cc(Cl)cnc1=O. The predicted octanol–water partition coefficient (Wildman–Crippen LogP) is 0.913. The monoisotopic (exact) mass is 259 g/mol. The van der Waals surface area contributed by atoms with E-state index in [-0.39, 0.29) is 5.69 Å². The lowest BCUT2D eigenvalue weighted by Gasteiger charge is -2.06. The highest BCUT2D eigenvalue weighted by atomic mass is 35.5. The van der Waals surface area contributed by atoms with Crippen LogP contribution in [0.15, 0.2) is 17.2 Å². The van der Waals surface area contributed by atoms with E-state index in [9.17, 15) is 4.79 Å². The Hall–Kier alpha value is -0.910. The van der Waals surface area contributed by atoms with E-state index in [1.165, 1.54) is 10.8 Å². The summed E-state index contributed by atoms with van der Waals surface area (Å²) in [5.74, 6) is 0. The second-order valence-electron chi connectivity index (χ2n) is 3.70. The highest BCUT2D eigenvalue weighted by Gasteiger charge is 1.98. The zero-order valence-corrected chi connectivity index (χ0v) is 10.7. The standard InChI is InChI=1S/C11H18ClN3O2/c1-17-7-5-13-4-2-3-6-15-9-10(12)8-14-11(15)16/h8-9,13H,2-7H2,1H3. The molecule has 96 valence electrons. The van der Waals surface area contributed by atoms with Gasteiger partial charge in [0.2, 0.25) is 0 Å². The van der Waals surface area contributed by atoms with Crippen LogP contribution >= 0.6 is 11.6 Å². The molecule has 0 aliphatic heterocycles. The third-order valence-corrected chi connectivity index (χ3v) is 2.50. The third-order valence-electron chi connectivity index (χ3n) is 2.31. The van der Waals surface area contributed by atoms with Crippen molar-refractivity contribution in [3.05, 3.63) is 27.9 Å². The van der Waals surface area contributed by atoms with E-state index >= 15 is 0 Å². The van der Waals surface area contributed by atoms with Gasteiger partial charge < -0.3 is 10.1 Å². The normalized spacial score (nSPS) is 10.7. The molecule has 0 fully saturated rings. The van der Waals surface area contributed by atoms with E-state index in [0.29, 0.717) is 11.6 Å². The summed E-state index contributed by atoms with van der Waals surface area (Å²) in [6.07, 6.45) is 4.91. The fraction of sp³-hybridized carbons (Fsp3) is 0.636. The Bertz CT molecular complexity index is 381. The van der Waals surface area contributed by atoms with Gasteiger partial charge in [-0.3, -0.25) is 4.57 Å². The number of rotatable bonds is 8. The van der Waals surface area contributed by atoms with Gasteiger partial charge >= 0.3 is 5.69 Å². The summed E-state index contributed by atoms with van der Waals surface area (Å²) >= 11 is 5.77. The smallest absolute Gasteiger partial charge is 0.347 e. The summed E-state index contributed by atoms with van der Waals surface area (Å²) in [5.41, 5.74) is -0.248. The molecule has 5 nitrogen and oxygen atoms in total. The number of methoxy groups -OCH3 is 1. The first-order chi connectivity index (χ1) is 8.24. The summed E-state index contributed by atoms with van der Waals surface area (Å²) in [7, 11) is 1.68. The maximum Gasteiger partial charge on any atom is 0.347 e. The number of hydrogen-bond donors (Lipinski definition) is 1. The molecule has 0 aliphatic carbocycles. The van der Waals surface area contributed by atoms with Gasteiger partial charge in [-0.2, -0.15) is 0 Å². The minimum atomic E-state index is -0.248. The molecule has 0 unspecified atom stereocenters. The molecule has 0 atom stereocenters. The Morgan fingerprint density at radius 2 is 2.29 bits per heavy atom. The molecule has 0 aliphatic rings. The summed E-state index contributed by atoms with van der Waals surface area (Å²) < 4.78 is 6.45. The molecule has 0 aromatic carbocycles. The molecule has 0 amide bonds. The van der Waals surface area contributed by atoms with Crippen molar-refractivity contribution in [2.24, 2.45) is 0 Å². The molecule has 0 saturated carbocycles. The molecule has 17 heavy (non-hydrogen) atoms. The van der Waals surface area contributed by atoms with Crippen molar-refractivity contribution in [1.29, 1.82) is 0 Å². The Morgan fingerprint density at radius 3 is 3.06 bits per heavy atom. The van der Waals surface area contributed by atoms with E-state index in [2.05, 4.69) is 10.3 Å². The van der Waals surface area contributed by atoms with Crippen molar-refractivity contribution in [1.82, 2.24) is 14.9 Å². The van der Waals surface area contributed by atoms with Crippen molar-refractivity contribution in [3.8, 4) is 0 Å². The maximum absolute atomic E-state index is 11.3. The molecule has 1 heterocycles. The van der Waals surface area contributed by atoms with Gasteiger partial charge in [-0.1, -0.05) is 11.6 Å². The molecule has 1 N–H and O–H groups in total. The highest BCUT2D eigenvalue weighted by Crippen LogP contribution is 2.02. The fourth-order valence-electron chi connectivity index (χ4n) is 1.42. The summed E-state index contributed by atoms with van der Waals surface area (Å²) in [6, 6.07) is 0. The van der Waals surface area contributed by atoms with Crippen molar-refractivity contribution in [2.45, 2.75) is 19.4 Å². The minimum absolute atomic E-state index is 0.248. The average Bonchev–Trinajstić information content (AvgIpc) is 2.32. The maximum atomic E-state index is 11.3. The van der Waals surface area contributed by atoms with Crippen LogP contribution in [0.3, 0.4) is 0 Å². The molecular formula is C11H18ClN3O2. The molecule has 6 heteroatoms. The van der Waals surface area contributed by atoms with Crippen molar-refractivity contribution < 1.29 is 4.74 Å². The number of hydrogen-bond acceptors (Lipinski definition) is 4. The molecule has 1 rings (SSSR count). The van der Waals surface area contributed by atoms with Gasteiger partial charge in [-0.25, -0.2) is 9.78 Å². The number of halogens is 1. The van der Waals surface area contributed by atoms with Crippen LogP contribution in [-0.4, -0.2) is 36.4 Å². The minimum Gasteiger partial charge on any atom is -0.383 e. The van der Waals surface area contributed by atoms with E-state index < -0.39 is 0 Å². The second kappa shape index (κ2) is 8.22. The van der Waals surface area contributed by atoms with Gasteiger partial charge in [0.15, 0.2) is 0 Å². The van der Waals surface area contributed by atoms with E-state index in [1.807, 2.05) is 0 Å². The lowest BCUT2D eigenvalue weighted by atomic mass is 10.3. The highest BCUT2D eigenvalue weighted by molar-refractivity contribution is 6.30. The molecule has 0 radical (unpaired) electrons. The van der Waals surface area contributed by atoms with Crippen LogP contribution in [0, 0.1) is 0 Å². The number of nitrogens with one attached hydrogen (secondary N) is 1. The lowest BCUT2D eigenvalue weighted by Crippen LogP contribution is -2.23. The molecule has 0 saturated heterocycles. The number of nitrogens with zero attached hydrogens (tertiary/aromatic N) is 2. The number of ether oxygens (including phenoxy) is 1. The molecule has 1 aromatic heterocycles. The topological polar surface area (TPSA) is 56.1 Å². The van der Waals surface area contributed by atoms with Gasteiger partial charge in [-0.05, 0) is 19.4 Å². The van der Waals surface area contributed by atoms with Crippen LogP contribution in [-0.2, 0) is 11.3 Å². The summed E-state index contributed by atoms with van der Waals surface area (Å²) in [4.78, 5) is 15.0. The summed E-state index contributed by atoms with van der Waals surface area (Å²) in [5, 5.41) is 3.73. The van der Waals surface area contributed by atoms with Gasteiger partial charge in [0.25, 0.3) is 0 Å². The number of unbranched alkanes of at least 4 members (excludes halogenated alkanes) is 1. The fourth-order valence-corrected chi connectivity index (χ4v) is 1.59. The van der Waals surface area contributed by atoms with Crippen LogP contribution in [0.1, 0.15) is 12.8 Å². The Balaban J connectivity index is 2.18. The Kier molecular flexibility index (Phi) is 6.84. The molecule has 0 spiro atoms. The van der Waals surface area contributed by atoms with Crippen molar-refractivity contribution >= 4 is 11.6 Å². The predicted molar refractivity (Wildman–Crippen MR) is 67.5 cm³/mol. The number of aryl methyl sites for hydroxylation is 1. The molecule has 0 bridgehead atoms. The van der Waals surface area contributed by atoms with Crippen LogP contribution in [0.5, 0.6) is 0 Å². The third kappa shape index (κ3) is 5.81. The van der Waals surface area contributed by atoms with Gasteiger partial charge in [0, 0.05) is 26.4 Å². The van der Waals surface area contributed by atoms with E-state index in [1.54, 1.807) is 13.3 Å². The first-order valence-electron chi connectivity index (χ1n) is 5.65. The lowest BCUT2D eigenvalue weighted by molar-refractivity contribution is 0.199. The zero-order valence-electron chi connectivity index (χ0n) is 9.99. The van der Waals surface area contributed by atoms with Crippen LogP contribution < -0.4 is 11.0 Å². The van der Waals surface area contributed by atoms with Gasteiger partial charge in [-0.15, -0.1) is 0 Å². The van der Waals surface area contributed by atoms with Crippen molar-refractivity contribution in [2.75, 3.05) is 26.8 Å². The Labute approximate surface area is 106 Å². The largest absolute Gasteiger partial charge is 0.383 e. The first kappa shape index (κ1) is 14.2. The van der Waals surface area contributed by atoms with Crippen LogP contribution in [0.4, 0.5) is 0 Å². The average molecular weight is 260 g/mol. The first-order valence-corrected chi connectivity index (χ1v) is 6.03. The number of aromatic nitrogens is 2. The molecule has 1 aromatic rings.